The number of carbonyl (C=O) groups excluding carboxylic acids is 2. The highest BCUT2D eigenvalue weighted by Gasteiger charge is 2.30. The molecule has 1 heterocycles. The van der Waals surface area contributed by atoms with Crippen LogP contribution in [-0.2, 0) is 6.18 Å². The Morgan fingerprint density at radius 2 is 1.31 bits per heavy atom. The Balaban J connectivity index is 1.75. The van der Waals surface area contributed by atoms with Crippen LogP contribution < -0.4 is 10.6 Å². The zero-order chi connectivity index (χ0) is 21.0. The van der Waals surface area contributed by atoms with Crippen molar-refractivity contribution in [2.24, 2.45) is 0 Å². The number of aromatic nitrogens is 1. The van der Waals surface area contributed by atoms with Gasteiger partial charge >= 0.3 is 6.18 Å². The molecule has 0 radical (unpaired) electrons. The molecule has 0 bridgehead atoms. The van der Waals surface area contributed by atoms with Crippen molar-refractivity contribution in [1.29, 1.82) is 0 Å². The number of amides is 2. The summed E-state index contributed by atoms with van der Waals surface area (Å²) in [7, 11) is 0. The van der Waals surface area contributed by atoms with Crippen LogP contribution in [0, 0.1) is 6.92 Å². The lowest BCUT2D eigenvalue weighted by molar-refractivity contribution is -0.137. The summed E-state index contributed by atoms with van der Waals surface area (Å²) < 4.78 is 38.4. The van der Waals surface area contributed by atoms with E-state index in [2.05, 4.69) is 15.6 Å². The summed E-state index contributed by atoms with van der Waals surface area (Å²) >= 11 is 0. The molecule has 0 atom stereocenters. The summed E-state index contributed by atoms with van der Waals surface area (Å²) in [6.45, 7) is 1.88. The van der Waals surface area contributed by atoms with Crippen molar-refractivity contribution < 1.29 is 22.8 Å². The monoisotopic (exact) mass is 399 g/mol. The van der Waals surface area contributed by atoms with Gasteiger partial charge in [0.25, 0.3) is 11.8 Å². The Bertz CT molecular complexity index is 1060. The second-order valence-electron chi connectivity index (χ2n) is 6.26. The summed E-state index contributed by atoms with van der Waals surface area (Å²) in [6.07, 6.45) is -4.52. The van der Waals surface area contributed by atoms with E-state index in [9.17, 15) is 22.8 Å². The fourth-order valence-electron chi connectivity index (χ4n) is 2.57. The Morgan fingerprint density at radius 1 is 0.793 bits per heavy atom. The lowest BCUT2D eigenvalue weighted by Gasteiger charge is -2.10. The largest absolute Gasteiger partial charge is 0.416 e. The number of nitrogens with one attached hydrogen (secondary N) is 2. The standard InChI is InChI=1S/C21H16F3N3O2/c1-13-5-2-7-15(11-13)25-19(28)17-9-4-10-18(27-17)20(29)26-16-8-3-6-14(12-16)21(22,23)24/h2-12H,1H3,(H,25,28)(H,26,29). The third kappa shape index (κ3) is 5.19. The number of anilines is 2. The first-order valence-electron chi connectivity index (χ1n) is 8.56. The molecule has 0 saturated carbocycles. The first-order chi connectivity index (χ1) is 13.7. The van der Waals surface area contributed by atoms with Gasteiger partial charge in [0.15, 0.2) is 0 Å². The molecular formula is C21H16F3N3O2. The topological polar surface area (TPSA) is 71.1 Å². The number of pyridine rings is 1. The first kappa shape index (κ1) is 20.1. The van der Waals surface area contributed by atoms with E-state index in [0.29, 0.717) is 5.69 Å². The van der Waals surface area contributed by atoms with E-state index in [-0.39, 0.29) is 17.1 Å². The molecule has 0 spiro atoms. The number of hydrogen-bond acceptors (Lipinski definition) is 3. The maximum absolute atomic E-state index is 12.8. The lowest BCUT2D eigenvalue weighted by Crippen LogP contribution is -2.18. The van der Waals surface area contributed by atoms with Gasteiger partial charge in [-0.25, -0.2) is 4.98 Å². The molecular weight excluding hydrogens is 383 g/mol. The Hall–Kier alpha value is -3.68. The van der Waals surface area contributed by atoms with Gasteiger partial charge in [-0.1, -0.05) is 24.3 Å². The predicted molar refractivity (Wildman–Crippen MR) is 103 cm³/mol. The van der Waals surface area contributed by atoms with Crippen LogP contribution in [0.15, 0.2) is 66.7 Å². The van der Waals surface area contributed by atoms with Crippen LogP contribution in [0.3, 0.4) is 0 Å². The van der Waals surface area contributed by atoms with Gasteiger partial charge in [0.2, 0.25) is 0 Å². The van der Waals surface area contributed by atoms with Crippen LogP contribution in [0.4, 0.5) is 24.5 Å². The molecule has 148 valence electrons. The van der Waals surface area contributed by atoms with Gasteiger partial charge < -0.3 is 10.6 Å². The van der Waals surface area contributed by atoms with Crippen molar-refractivity contribution in [3.63, 3.8) is 0 Å². The second-order valence-corrected chi connectivity index (χ2v) is 6.26. The van der Waals surface area contributed by atoms with Crippen LogP contribution in [0.1, 0.15) is 32.1 Å². The van der Waals surface area contributed by atoms with Crippen LogP contribution in [0.2, 0.25) is 0 Å². The van der Waals surface area contributed by atoms with Crippen LogP contribution in [0.5, 0.6) is 0 Å². The highest BCUT2D eigenvalue weighted by molar-refractivity contribution is 6.06. The van der Waals surface area contributed by atoms with Crippen molar-refractivity contribution in [3.05, 3.63) is 89.2 Å². The molecule has 2 aromatic carbocycles. The third-order valence-electron chi connectivity index (χ3n) is 3.94. The number of halogens is 3. The minimum atomic E-state index is -4.52. The van der Waals surface area contributed by atoms with Gasteiger partial charge in [-0.15, -0.1) is 0 Å². The van der Waals surface area contributed by atoms with E-state index < -0.39 is 23.6 Å². The summed E-state index contributed by atoms with van der Waals surface area (Å²) in [4.78, 5) is 28.8. The fraction of sp³-hybridized carbons (Fsp3) is 0.0952. The maximum Gasteiger partial charge on any atom is 0.416 e. The molecule has 0 aliphatic rings. The van der Waals surface area contributed by atoms with Crippen molar-refractivity contribution in [2.75, 3.05) is 10.6 Å². The van der Waals surface area contributed by atoms with Gasteiger partial charge in [-0.3, -0.25) is 9.59 Å². The Morgan fingerprint density at radius 3 is 1.86 bits per heavy atom. The summed E-state index contributed by atoms with van der Waals surface area (Å²) in [5.74, 6) is -1.24. The molecule has 2 amide bonds. The van der Waals surface area contributed by atoms with Gasteiger partial charge in [0, 0.05) is 11.4 Å². The molecule has 0 saturated heterocycles. The van der Waals surface area contributed by atoms with Crippen molar-refractivity contribution in [2.45, 2.75) is 13.1 Å². The molecule has 3 aromatic rings. The highest BCUT2D eigenvalue weighted by Crippen LogP contribution is 2.30. The van der Waals surface area contributed by atoms with E-state index in [0.717, 1.165) is 17.7 Å². The molecule has 0 fully saturated rings. The Labute approximate surface area is 164 Å². The molecule has 3 rings (SSSR count). The van der Waals surface area contributed by atoms with Gasteiger partial charge in [-0.05, 0) is 55.0 Å². The van der Waals surface area contributed by atoms with Gasteiger partial charge in [0.05, 0.1) is 5.56 Å². The molecule has 0 unspecified atom stereocenters. The Kier molecular flexibility index (Phi) is 5.63. The minimum Gasteiger partial charge on any atom is -0.321 e. The average Bonchev–Trinajstić information content (AvgIpc) is 2.67. The summed E-state index contributed by atoms with van der Waals surface area (Å²) in [6, 6.07) is 15.7. The number of alkyl halides is 3. The molecule has 8 heteroatoms. The van der Waals surface area contributed by atoms with E-state index in [1.54, 1.807) is 18.2 Å². The van der Waals surface area contributed by atoms with E-state index >= 15 is 0 Å². The van der Waals surface area contributed by atoms with E-state index in [1.807, 2.05) is 13.0 Å². The quantitative estimate of drug-likeness (QED) is 0.655. The van der Waals surface area contributed by atoms with Crippen molar-refractivity contribution in [1.82, 2.24) is 4.98 Å². The van der Waals surface area contributed by atoms with Crippen molar-refractivity contribution in [3.8, 4) is 0 Å². The lowest BCUT2D eigenvalue weighted by atomic mass is 10.2. The first-order valence-corrected chi connectivity index (χ1v) is 8.56. The van der Waals surface area contributed by atoms with E-state index in [4.69, 9.17) is 0 Å². The van der Waals surface area contributed by atoms with Crippen LogP contribution in [-0.4, -0.2) is 16.8 Å². The zero-order valence-electron chi connectivity index (χ0n) is 15.2. The number of nitrogens with zero attached hydrogens (tertiary/aromatic N) is 1. The average molecular weight is 399 g/mol. The van der Waals surface area contributed by atoms with Crippen molar-refractivity contribution >= 4 is 23.2 Å². The normalized spacial score (nSPS) is 11.0. The van der Waals surface area contributed by atoms with E-state index in [1.165, 1.54) is 30.3 Å². The fourth-order valence-corrected chi connectivity index (χ4v) is 2.57. The third-order valence-corrected chi connectivity index (χ3v) is 3.94. The molecule has 5 nitrogen and oxygen atoms in total. The molecule has 1 aromatic heterocycles. The van der Waals surface area contributed by atoms with Gasteiger partial charge in [0.1, 0.15) is 11.4 Å². The second kappa shape index (κ2) is 8.14. The summed E-state index contributed by atoms with van der Waals surface area (Å²) in [5.41, 5.74) is 0.541. The number of aryl methyl sites for hydroxylation is 1. The molecule has 0 aliphatic carbocycles. The SMILES string of the molecule is Cc1cccc(NC(=O)c2cccc(C(=O)Nc3cccc(C(F)(F)F)c3)n2)c1. The smallest absolute Gasteiger partial charge is 0.321 e. The van der Waals surface area contributed by atoms with Crippen LogP contribution >= 0.6 is 0 Å². The minimum absolute atomic E-state index is 0.00296. The van der Waals surface area contributed by atoms with Crippen LogP contribution in [0.25, 0.3) is 0 Å². The number of benzene rings is 2. The maximum atomic E-state index is 12.8. The highest BCUT2D eigenvalue weighted by atomic mass is 19.4. The van der Waals surface area contributed by atoms with Gasteiger partial charge in [-0.2, -0.15) is 13.2 Å². The number of hydrogen-bond donors (Lipinski definition) is 2. The number of rotatable bonds is 4. The zero-order valence-corrected chi connectivity index (χ0v) is 15.2. The summed E-state index contributed by atoms with van der Waals surface area (Å²) in [5, 5.41) is 5.04. The molecule has 0 aliphatic heterocycles. The molecule has 2 N–H and O–H groups in total. The number of carbonyl (C=O) groups is 2. The predicted octanol–water partition coefficient (Wildman–Crippen LogP) is 4.91. The molecule has 29 heavy (non-hydrogen) atoms.